The second-order valence-electron chi connectivity index (χ2n) is 14.4. The third kappa shape index (κ3) is 6.40. The molecular weight excluding hydrogens is 568 g/mol. The Bertz CT molecular complexity index is 891. The summed E-state index contributed by atoms with van der Waals surface area (Å²) in [5.74, 6) is 0. The van der Waals surface area contributed by atoms with Gasteiger partial charge in [0, 0.05) is 78.1 Å². The van der Waals surface area contributed by atoms with Crippen LogP contribution in [0.15, 0.2) is 0 Å². The molecule has 0 atom stereocenters. The Hall–Kier alpha value is -1.09. The third-order valence-corrected chi connectivity index (χ3v) is 11.8. The summed E-state index contributed by atoms with van der Waals surface area (Å²) < 4.78 is 28.9. The Morgan fingerprint density at radius 1 is 0.705 bits per heavy atom. The molecule has 12 heteroatoms. The summed E-state index contributed by atoms with van der Waals surface area (Å²) in [5, 5.41) is 30.4. The van der Waals surface area contributed by atoms with Crippen molar-refractivity contribution in [3.63, 3.8) is 0 Å². The largest absolute Gasteiger partial charge is 0.381 e. The van der Waals surface area contributed by atoms with E-state index in [1.807, 2.05) is 4.90 Å². The molecule has 2 amide bonds. The lowest BCUT2D eigenvalue weighted by molar-refractivity contribution is -0.299. The first-order chi connectivity index (χ1) is 21.4. The van der Waals surface area contributed by atoms with E-state index < -0.39 is 22.2 Å². The molecule has 0 radical (unpaired) electrons. The molecule has 252 valence electrons. The number of piperidine rings is 2. The molecule has 6 fully saturated rings. The summed E-state index contributed by atoms with van der Waals surface area (Å²) >= 11 is 0. The van der Waals surface area contributed by atoms with Gasteiger partial charge in [-0.15, -0.1) is 0 Å². The van der Waals surface area contributed by atoms with Gasteiger partial charge in [-0.05, 0) is 83.5 Å². The number of ether oxygens (including phenoxy) is 5. The van der Waals surface area contributed by atoms with E-state index in [0.29, 0.717) is 98.3 Å². The summed E-state index contributed by atoms with van der Waals surface area (Å²) in [6, 6.07) is -0.188. The van der Waals surface area contributed by atoms with E-state index in [0.717, 1.165) is 57.8 Å². The summed E-state index contributed by atoms with van der Waals surface area (Å²) in [6.07, 6.45) is 9.69. The molecule has 6 aliphatic heterocycles. The van der Waals surface area contributed by atoms with Crippen molar-refractivity contribution in [3.8, 4) is 0 Å². The Morgan fingerprint density at radius 3 is 1.48 bits per heavy atom. The fourth-order valence-electron chi connectivity index (χ4n) is 9.40. The summed E-state index contributed by atoms with van der Waals surface area (Å²) in [4.78, 5) is 16.6. The highest BCUT2D eigenvalue weighted by Crippen LogP contribution is 2.49. The van der Waals surface area contributed by atoms with Gasteiger partial charge in [0.25, 0.3) is 0 Å². The Morgan fingerprint density at radius 2 is 1.09 bits per heavy atom. The topological polar surface area (TPSA) is 125 Å². The fourth-order valence-corrected chi connectivity index (χ4v) is 9.40. The number of carbonyl (C=O) groups is 1. The Labute approximate surface area is 262 Å². The molecule has 6 aliphatic rings. The van der Waals surface area contributed by atoms with Crippen molar-refractivity contribution < 1.29 is 38.9 Å². The van der Waals surface area contributed by atoms with E-state index in [1.165, 1.54) is 0 Å². The van der Waals surface area contributed by atoms with Gasteiger partial charge in [-0.2, -0.15) is 10.1 Å². The molecule has 0 aromatic rings. The highest BCUT2D eigenvalue weighted by molar-refractivity contribution is 5.75. The van der Waals surface area contributed by atoms with Crippen LogP contribution in [-0.2, 0) is 23.7 Å². The number of hydrogen-bond donors (Lipinski definition) is 3. The maximum atomic E-state index is 14.5. The van der Waals surface area contributed by atoms with Gasteiger partial charge in [0.1, 0.15) is 0 Å². The van der Waals surface area contributed by atoms with Crippen molar-refractivity contribution >= 4 is 6.03 Å². The van der Waals surface area contributed by atoms with Crippen LogP contribution in [0.5, 0.6) is 0 Å². The van der Waals surface area contributed by atoms with Crippen molar-refractivity contribution in [2.75, 3.05) is 72.6 Å². The third-order valence-electron chi connectivity index (χ3n) is 11.8. The van der Waals surface area contributed by atoms with Gasteiger partial charge in [0.15, 0.2) is 0 Å². The van der Waals surface area contributed by atoms with Gasteiger partial charge in [-0.1, -0.05) is 6.92 Å². The first-order valence-corrected chi connectivity index (χ1v) is 17.3. The molecule has 0 aromatic carbocycles. The first-order valence-electron chi connectivity index (χ1n) is 17.3. The molecule has 0 aromatic heterocycles. The maximum Gasteiger partial charge on any atom is 0.317 e. The molecule has 0 unspecified atom stereocenters. The summed E-state index contributed by atoms with van der Waals surface area (Å²) in [6.45, 7) is 8.63. The maximum absolute atomic E-state index is 14.5. The molecule has 6 saturated heterocycles. The normalized spacial score (nSPS) is 31.8. The number of hydrogen-bond acceptors (Lipinski definition) is 10. The Kier molecular flexibility index (Phi) is 10.4. The number of nitrogens with one attached hydrogen (secondary N) is 1. The zero-order chi connectivity index (χ0) is 30.7. The molecule has 44 heavy (non-hydrogen) atoms. The van der Waals surface area contributed by atoms with Crippen LogP contribution in [0.25, 0.3) is 0 Å². The lowest BCUT2D eigenvalue weighted by Gasteiger charge is -2.60. The van der Waals surface area contributed by atoms with E-state index in [4.69, 9.17) is 23.7 Å². The van der Waals surface area contributed by atoms with Crippen molar-refractivity contribution in [2.24, 2.45) is 0 Å². The molecular formula is C32H56N4O8. The van der Waals surface area contributed by atoms with Crippen molar-refractivity contribution in [3.05, 3.63) is 0 Å². The van der Waals surface area contributed by atoms with Crippen LogP contribution in [0.3, 0.4) is 0 Å². The van der Waals surface area contributed by atoms with Crippen LogP contribution >= 0.6 is 0 Å². The number of nitrogens with zero attached hydrogens (tertiary/aromatic N) is 3. The predicted molar refractivity (Wildman–Crippen MR) is 161 cm³/mol. The van der Waals surface area contributed by atoms with Gasteiger partial charge in [0.05, 0.1) is 28.8 Å². The highest BCUT2D eigenvalue weighted by Gasteiger charge is 2.58. The van der Waals surface area contributed by atoms with Crippen LogP contribution in [0.4, 0.5) is 4.79 Å². The average molecular weight is 625 g/mol. The number of rotatable bonds is 7. The SMILES string of the molecule is CCCOCCN(C(=O)NC1CC2(CCOCC2)N(O)C2(CCOCC2)C1)C1CC2(CCOCC2)N(O)C2(CCOCC2)C1. The van der Waals surface area contributed by atoms with Crippen molar-refractivity contribution in [1.29, 1.82) is 0 Å². The van der Waals surface area contributed by atoms with Crippen LogP contribution in [0.1, 0.15) is 90.4 Å². The van der Waals surface area contributed by atoms with Gasteiger partial charge in [-0.3, -0.25) is 0 Å². The van der Waals surface area contributed by atoms with Crippen molar-refractivity contribution in [1.82, 2.24) is 20.3 Å². The second kappa shape index (κ2) is 13.9. The second-order valence-corrected chi connectivity index (χ2v) is 14.4. The Balaban J connectivity index is 1.26. The molecule has 3 N–H and O–H groups in total. The van der Waals surface area contributed by atoms with Crippen LogP contribution in [0, 0.1) is 0 Å². The average Bonchev–Trinajstić information content (AvgIpc) is 3.04. The lowest BCUT2D eigenvalue weighted by atomic mass is 9.69. The van der Waals surface area contributed by atoms with E-state index in [2.05, 4.69) is 12.2 Å². The lowest BCUT2D eigenvalue weighted by Crippen LogP contribution is -2.71. The van der Waals surface area contributed by atoms with Crippen LogP contribution < -0.4 is 5.32 Å². The van der Waals surface area contributed by atoms with E-state index in [1.54, 1.807) is 10.1 Å². The zero-order valence-corrected chi connectivity index (χ0v) is 26.8. The standard InChI is InChI=1S/C32H56N4O8/c1-2-12-40-21-11-34(27-24-31(7-17-43-18-8-31)36(39)32(25-27)9-19-44-20-10-32)28(37)33-26-22-29(3-13-41-14-4-29)35(38)30(23-26)5-15-42-16-6-30/h26-27,38-39H,2-25H2,1H3,(H,33,37). The monoisotopic (exact) mass is 624 g/mol. The smallest absolute Gasteiger partial charge is 0.317 e. The quantitative estimate of drug-likeness (QED) is 0.363. The number of hydroxylamine groups is 4. The van der Waals surface area contributed by atoms with Crippen LogP contribution in [-0.4, -0.2) is 138 Å². The zero-order valence-electron chi connectivity index (χ0n) is 26.8. The van der Waals surface area contributed by atoms with Gasteiger partial charge >= 0.3 is 6.03 Å². The number of amides is 2. The molecule has 0 bridgehead atoms. The molecule has 4 spiro atoms. The van der Waals surface area contributed by atoms with Crippen molar-refractivity contribution in [2.45, 2.75) is 125 Å². The van der Waals surface area contributed by atoms with E-state index in [-0.39, 0.29) is 18.1 Å². The minimum Gasteiger partial charge on any atom is -0.381 e. The molecule has 6 heterocycles. The first kappa shape index (κ1) is 32.8. The summed E-state index contributed by atoms with van der Waals surface area (Å²) in [5.41, 5.74) is -1.69. The van der Waals surface area contributed by atoms with Gasteiger partial charge < -0.3 is 44.3 Å². The minimum absolute atomic E-state index is 0.0492. The van der Waals surface area contributed by atoms with E-state index >= 15 is 0 Å². The molecule has 12 nitrogen and oxygen atoms in total. The molecule has 6 rings (SSSR count). The van der Waals surface area contributed by atoms with Crippen LogP contribution in [0.2, 0.25) is 0 Å². The van der Waals surface area contributed by atoms with Gasteiger partial charge in [-0.25, -0.2) is 4.79 Å². The predicted octanol–water partition coefficient (Wildman–Crippen LogP) is 3.33. The molecule has 0 saturated carbocycles. The fraction of sp³-hybridized carbons (Fsp3) is 0.969. The molecule has 0 aliphatic carbocycles. The number of urea groups is 1. The summed E-state index contributed by atoms with van der Waals surface area (Å²) in [7, 11) is 0. The van der Waals surface area contributed by atoms with E-state index in [9.17, 15) is 15.2 Å². The number of carbonyl (C=O) groups excluding carboxylic acids is 1. The minimum atomic E-state index is -0.429. The highest BCUT2D eigenvalue weighted by atomic mass is 16.5. The van der Waals surface area contributed by atoms with Gasteiger partial charge in [0.2, 0.25) is 0 Å².